The normalized spacial score (nSPS) is 14.2. The van der Waals surface area contributed by atoms with E-state index in [9.17, 15) is 18.4 Å². The Morgan fingerprint density at radius 1 is 1.13 bits per heavy atom. The van der Waals surface area contributed by atoms with Gasteiger partial charge >= 0.3 is 6.03 Å². The van der Waals surface area contributed by atoms with Crippen molar-refractivity contribution in [3.63, 3.8) is 0 Å². The number of amides is 3. The summed E-state index contributed by atoms with van der Waals surface area (Å²) in [5.74, 6) is 0.356. The lowest BCUT2D eigenvalue weighted by atomic mass is 10.0. The number of fused-ring (bicyclic) bond motifs is 1. The molecule has 1 heterocycles. The zero-order valence-electron chi connectivity index (χ0n) is 21.3. The molecule has 3 aromatic rings. The van der Waals surface area contributed by atoms with E-state index in [-0.39, 0.29) is 18.1 Å². The van der Waals surface area contributed by atoms with Crippen LogP contribution in [0.2, 0.25) is 0 Å². The molecule has 198 valence electrons. The minimum Gasteiger partial charge on any atom is -0.453 e. The molecule has 0 saturated carbocycles. The van der Waals surface area contributed by atoms with E-state index in [0.717, 1.165) is 11.8 Å². The van der Waals surface area contributed by atoms with Crippen LogP contribution < -0.4 is 24.4 Å². The van der Waals surface area contributed by atoms with Gasteiger partial charge in [-0.25, -0.2) is 9.52 Å². The van der Waals surface area contributed by atoms with Crippen molar-refractivity contribution in [2.45, 2.75) is 24.3 Å². The number of rotatable bonds is 8. The number of hydrogen-bond donors (Lipinski definition) is 3. The van der Waals surface area contributed by atoms with Crippen LogP contribution in [0.1, 0.15) is 18.1 Å². The van der Waals surface area contributed by atoms with Gasteiger partial charge in [0.15, 0.2) is 5.75 Å². The van der Waals surface area contributed by atoms with Crippen molar-refractivity contribution >= 4 is 33.2 Å². The maximum Gasteiger partial charge on any atom is 0.333 e. The van der Waals surface area contributed by atoms with E-state index in [1.165, 1.54) is 18.0 Å². The molecule has 3 N–H and O–H groups in total. The number of nitrogens with zero attached hydrogens (tertiary/aromatic N) is 1. The third-order valence-corrected chi connectivity index (χ3v) is 7.98. The van der Waals surface area contributed by atoms with Crippen LogP contribution >= 0.6 is 0 Å². The molecule has 1 atom stereocenters. The number of nitrogens with one attached hydrogen (secondary N) is 2. The van der Waals surface area contributed by atoms with Crippen LogP contribution in [-0.2, 0) is 20.7 Å². The summed E-state index contributed by atoms with van der Waals surface area (Å²) in [5.41, 5.74) is 1.64. The highest BCUT2D eigenvalue weighted by Crippen LogP contribution is 2.33. The first-order valence-electron chi connectivity index (χ1n) is 11.8. The highest BCUT2D eigenvalue weighted by atomic mass is 32.3. The number of likely N-dealkylation sites (N-methyl/N-ethyl adjacent to an activating group) is 1. The first kappa shape index (κ1) is 26.7. The molecular formula is C28H29N3O6S. The molecule has 1 aliphatic heterocycles. The summed E-state index contributed by atoms with van der Waals surface area (Å²) in [6.45, 7) is 1.84. The SMILES string of the molecule is CC=Cc1ccccc1S(C)(=O)(O)NC(=O)NC(Cc1ccccc1)C(=O)N(C)c1c#cc2c(c1)OCO2. The average Bonchev–Trinajstić information content (AvgIpc) is 3.36. The first-order valence-corrected chi connectivity index (χ1v) is 14.1. The van der Waals surface area contributed by atoms with Crippen LogP contribution in [-0.4, -0.2) is 46.8 Å². The van der Waals surface area contributed by atoms with Crippen molar-refractivity contribution in [3.8, 4) is 11.5 Å². The van der Waals surface area contributed by atoms with E-state index < -0.39 is 27.5 Å². The predicted octanol–water partition coefficient (Wildman–Crippen LogP) is 3.82. The fraction of sp³-hybridized carbons (Fsp3) is 0.214. The fourth-order valence-electron chi connectivity index (χ4n) is 4.05. The summed E-state index contributed by atoms with van der Waals surface area (Å²) in [5, 5.41) is 2.60. The lowest BCUT2D eigenvalue weighted by molar-refractivity contribution is -0.120. The maximum atomic E-state index is 13.7. The number of carbonyl (C=O) groups is 2. The van der Waals surface area contributed by atoms with E-state index in [1.54, 1.807) is 43.3 Å². The number of carbonyl (C=O) groups excluding carboxylic acids is 2. The molecule has 0 fully saturated rings. The van der Waals surface area contributed by atoms with Crippen molar-refractivity contribution in [2.75, 3.05) is 25.0 Å². The third kappa shape index (κ3) is 5.96. The van der Waals surface area contributed by atoms with Gasteiger partial charge in [-0.15, -0.1) is 0 Å². The Bertz CT molecular complexity index is 1430. The Morgan fingerprint density at radius 3 is 2.58 bits per heavy atom. The van der Waals surface area contributed by atoms with Crippen molar-refractivity contribution in [1.29, 1.82) is 0 Å². The van der Waals surface area contributed by atoms with Gasteiger partial charge in [0.05, 0.1) is 10.6 Å². The van der Waals surface area contributed by atoms with Gasteiger partial charge in [0, 0.05) is 25.8 Å². The molecule has 9 nitrogen and oxygen atoms in total. The van der Waals surface area contributed by atoms with Crippen molar-refractivity contribution in [3.05, 3.63) is 90.0 Å². The van der Waals surface area contributed by atoms with Gasteiger partial charge in [0.1, 0.15) is 6.04 Å². The summed E-state index contributed by atoms with van der Waals surface area (Å²) in [7, 11) is -3.31. The van der Waals surface area contributed by atoms with Crippen LogP contribution in [0.25, 0.3) is 6.08 Å². The topological polar surface area (TPSA) is 117 Å². The minimum absolute atomic E-state index is 0.0507. The van der Waals surface area contributed by atoms with Gasteiger partial charge in [-0.2, -0.15) is 4.21 Å². The van der Waals surface area contributed by atoms with E-state index in [4.69, 9.17) is 9.47 Å². The highest BCUT2D eigenvalue weighted by molar-refractivity contribution is 8.13. The standard InChI is InChI=1S/C28H29N3O6S/c1-4-10-21-13-8-9-14-26(21)38(3,34,35)30-28(33)29-23(17-20-11-6-5-7-12-20)27(32)31(2)22-15-16-24-25(18-22)37-19-36-24/h4-14,18,23H,17,19H2,1-3H3,(H3,29,30,33,34,35). The van der Waals surface area contributed by atoms with Gasteiger partial charge < -0.3 is 19.7 Å². The number of anilines is 1. The molecule has 3 aromatic carbocycles. The maximum absolute atomic E-state index is 13.7. The molecule has 0 aromatic heterocycles. The molecule has 0 bridgehead atoms. The number of ether oxygens (including phenoxy) is 2. The summed E-state index contributed by atoms with van der Waals surface area (Å²) in [4.78, 5) is 28.1. The largest absolute Gasteiger partial charge is 0.453 e. The Labute approximate surface area is 221 Å². The second kappa shape index (κ2) is 10.6. The zero-order chi connectivity index (χ0) is 27.4. The zero-order valence-corrected chi connectivity index (χ0v) is 22.1. The average molecular weight is 536 g/mol. The molecule has 0 spiro atoms. The van der Waals surface area contributed by atoms with Gasteiger partial charge in [-0.1, -0.05) is 70.2 Å². The monoisotopic (exact) mass is 535 g/mol. The van der Waals surface area contributed by atoms with E-state index in [0.29, 0.717) is 22.7 Å². The van der Waals surface area contributed by atoms with E-state index in [1.807, 2.05) is 30.3 Å². The van der Waals surface area contributed by atoms with Crippen LogP contribution in [0.3, 0.4) is 0 Å². The van der Waals surface area contributed by atoms with Gasteiger partial charge in [-0.3, -0.25) is 9.35 Å². The number of urea groups is 1. The molecule has 1 aliphatic rings. The quantitative estimate of drug-likeness (QED) is 0.404. The number of allylic oxidation sites excluding steroid dienone is 1. The van der Waals surface area contributed by atoms with Crippen LogP contribution in [0, 0.1) is 12.1 Å². The lowest BCUT2D eigenvalue weighted by Gasteiger charge is -2.41. The Kier molecular flexibility index (Phi) is 7.44. The molecule has 4 rings (SSSR count). The van der Waals surface area contributed by atoms with Crippen LogP contribution in [0.4, 0.5) is 10.5 Å². The van der Waals surface area contributed by atoms with Crippen LogP contribution in [0.15, 0.2) is 71.6 Å². The number of hydrogen-bond acceptors (Lipinski definition) is 5. The van der Waals surface area contributed by atoms with Crippen molar-refractivity contribution in [2.24, 2.45) is 0 Å². The lowest BCUT2D eigenvalue weighted by Crippen LogP contribution is -2.57. The van der Waals surface area contributed by atoms with Crippen LogP contribution in [0.5, 0.6) is 11.5 Å². The summed E-state index contributed by atoms with van der Waals surface area (Å²) in [6, 6.07) is 20.9. The molecule has 0 radical (unpaired) electrons. The Morgan fingerprint density at radius 2 is 1.84 bits per heavy atom. The second-order valence-electron chi connectivity index (χ2n) is 8.92. The Balaban J connectivity index is 1.59. The summed E-state index contributed by atoms with van der Waals surface area (Å²) >= 11 is 0. The highest BCUT2D eigenvalue weighted by Gasteiger charge is 2.32. The van der Waals surface area contributed by atoms with Gasteiger partial charge in [0.25, 0.3) is 0 Å². The molecule has 10 heteroatoms. The van der Waals surface area contributed by atoms with Gasteiger partial charge in [0.2, 0.25) is 18.4 Å². The Hall–Kier alpha value is -4.33. The molecular weight excluding hydrogens is 506 g/mol. The third-order valence-electron chi connectivity index (χ3n) is 5.91. The molecule has 0 saturated heterocycles. The summed E-state index contributed by atoms with van der Waals surface area (Å²) < 4.78 is 37.7. The van der Waals surface area contributed by atoms with Gasteiger partial charge in [-0.05, 0) is 36.2 Å². The molecule has 0 aliphatic carbocycles. The summed E-state index contributed by atoms with van der Waals surface area (Å²) in [6.07, 6.45) is 4.62. The minimum atomic E-state index is -4.85. The van der Waals surface area contributed by atoms with Crippen molar-refractivity contribution < 1.29 is 27.8 Å². The fourth-order valence-corrected chi connectivity index (χ4v) is 5.75. The molecule has 3 amide bonds. The van der Waals surface area contributed by atoms with Crippen molar-refractivity contribution in [1.82, 2.24) is 10.0 Å². The molecule has 38 heavy (non-hydrogen) atoms. The second-order valence-corrected chi connectivity index (χ2v) is 12.1. The number of benzene rings is 2. The molecule has 1 unspecified atom stereocenters. The van der Waals surface area contributed by atoms with E-state index in [2.05, 4.69) is 22.2 Å². The smallest absolute Gasteiger partial charge is 0.333 e. The predicted molar refractivity (Wildman–Crippen MR) is 145 cm³/mol. The van der Waals surface area contributed by atoms with E-state index >= 15 is 0 Å². The first-order chi connectivity index (χ1) is 18.1.